The zero-order valence-electron chi connectivity index (χ0n) is 10.8. The van der Waals surface area contributed by atoms with Crippen molar-refractivity contribution in [3.63, 3.8) is 0 Å². The summed E-state index contributed by atoms with van der Waals surface area (Å²) in [5.74, 6) is -1.84. The lowest BCUT2D eigenvalue weighted by atomic mass is 10.1. The first-order valence-electron chi connectivity index (χ1n) is 6.63. The number of carbonyl (C=O) groups excluding carboxylic acids is 1. The van der Waals surface area contributed by atoms with Crippen molar-refractivity contribution in [2.45, 2.75) is 25.7 Å². The van der Waals surface area contributed by atoms with Crippen molar-refractivity contribution in [3.8, 4) is 0 Å². The molecule has 0 spiro atoms. The fourth-order valence-electron chi connectivity index (χ4n) is 2.26. The lowest BCUT2D eigenvalue weighted by Gasteiger charge is -2.25. The topological polar surface area (TPSA) is 32.3 Å². The van der Waals surface area contributed by atoms with Crippen molar-refractivity contribution in [2.24, 2.45) is 0 Å². The SMILES string of the molecule is O=C(CCN1CCCCC1)Nc1c(F)cccc1F. The molecule has 1 saturated heterocycles. The Morgan fingerprint density at radius 2 is 1.79 bits per heavy atom. The fourth-order valence-corrected chi connectivity index (χ4v) is 2.26. The van der Waals surface area contributed by atoms with E-state index >= 15 is 0 Å². The van der Waals surface area contributed by atoms with Crippen LogP contribution in [0.5, 0.6) is 0 Å². The number of likely N-dealkylation sites (tertiary alicyclic amines) is 1. The molecular formula is C14H18F2N2O. The van der Waals surface area contributed by atoms with Gasteiger partial charge in [-0.25, -0.2) is 8.78 Å². The van der Waals surface area contributed by atoms with Gasteiger partial charge in [0.1, 0.15) is 17.3 Å². The van der Waals surface area contributed by atoms with Crippen molar-refractivity contribution >= 4 is 11.6 Å². The third-order valence-corrected chi connectivity index (χ3v) is 3.33. The second kappa shape index (κ2) is 6.61. The average molecular weight is 268 g/mol. The number of nitrogens with one attached hydrogen (secondary N) is 1. The van der Waals surface area contributed by atoms with Gasteiger partial charge in [0.25, 0.3) is 0 Å². The number of para-hydroxylation sites is 1. The maximum Gasteiger partial charge on any atom is 0.225 e. The third-order valence-electron chi connectivity index (χ3n) is 3.33. The predicted octanol–water partition coefficient (Wildman–Crippen LogP) is 2.78. The number of hydrogen-bond acceptors (Lipinski definition) is 2. The largest absolute Gasteiger partial charge is 0.321 e. The molecule has 0 aromatic heterocycles. The van der Waals surface area contributed by atoms with E-state index in [1.165, 1.54) is 12.5 Å². The first-order chi connectivity index (χ1) is 9.16. The van der Waals surface area contributed by atoms with Gasteiger partial charge in [-0.2, -0.15) is 0 Å². The van der Waals surface area contributed by atoms with Crippen molar-refractivity contribution < 1.29 is 13.6 Å². The standard InChI is InChI=1S/C14H18F2N2O/c15-11-5-4-6-12(16)14(11)17-13(19)7-10-18-8-2-1-3-9-18/h4-6H,1-3,7-10H2,(H,17,19). The van der Waals surface area contributed by atoms with Crippen LogP contribution in [0.2, 0.25) is 0 Å². The number of carbonyl (C=O) groups is 1. The molecule has 0 radical (unpaired) electrons. The monoisotopic (exact) mass is 268 g/mol. The Morgan fingerprint density at radius 1 is 1.16 bits per heavy atom. The van der Waals surface area contributed by atoms with Gasteiger partial charge in [-0.05, 0) is 38.1 Å². The molecule has 0 bridgehead atoms. The van der Waals surface area contributed by atoms with Crippen LogP contribution in [-0.4, -0.2) is 30.4 Å². The number of halogens is 2. The average Bonchev–Trinajstić information content (AvgIpc) is 2.42. The molecule has 3 nitrogen and oxygen atoms in total. The first-order valence-corrected chi connectivity index (χ1v) is 6.63. The Hall–Kier alpha value is -1.49. The van der Waals surface area contributed by atoms with Crippen LogP contribution in [-0.2, 0) is 4.79 Å². The first kappa shape index (κ1) is 13.9. The highest BCUT2D eigenvalue weighted by Gasteiger charge is 2.14. The Balaban J connectivity index is 1.83. The molecule has 0 atom stereocenters. The Kier molecular flexibility index (Phi) is 4.85. The zero-order valence-corrected chi connectivity index (χ0v) is 10.8. The van der Waals surface area contributed by atoms with E-state index in [2.05, 4.69) is 10.2 Å². The lowest BCUT2D eigenvalue weighted by Crippen LogP contribution is -2.32. The van der Waals surface area contributed by atoms with Crippen LogP contribution in [0.3, 0.4) is 0 Å². The van der Waals surface area contributed by atoms with Crippen LogP contribution in [0, 0.1) is 11.6 Å². The number of amides is 1. The van der Waals surface area contributed by atoms with Crippen molar-refractivity contribution in [1.29, 1.82) is 0 Å². The fraction of sp³-hybridized carbons (Fsp3) is 0.500. The van der Waals surface area contributed by atoms with Gasteiger partial charge in [0, 0.05) is 13.0 Å². The molecule has 0 aliphatic carbocycles. The predicted molar refractivity (Wildman–Crippen MR) is 69.9 cm³/mol. The summed E-state index contributed by atoms with van der Waals surface area (Å²) in [5, 5.41) is 2.30. The summed E-state index contributed by atoms with van der Waals surface area (Å²) in [6.07, 6.45) is 3.81. The van der Waals surface area contributed by atoms with Crippen molar-refractivity contribution in [3.05, 3.63) is 29.8 Å². The maximum atomic E-state index is 13.3. The minimum absolute atomic E-state index is 0.258. The van der Waals surface area contributed by atoms with E-state index in [4.69, 9.17) is 0 Å². The molecule has 5 heteroatoms. The summed E-state index contributed by atoms with van der Waals surface area (Å²) in [5.41, 5.74) is -0.355. The minimum Gasteiger partial charge on any atom is -0.321 e. The van der Waals surface area contributed by atoms with Gasteiger partial charge in [0.2, 0.25) is 5.91 Å². The Labute approximate surface area is 111 Å². The summed E-state index contributed by atoms with van der Waals surface area (Å²) in [7, 11) is 0. The second-order valence-corrected chi connectivity index (χ2v) is 4.80. The van der Waals surface area contributed by atoms with E-state index in [-0.39, 0.29) is 18.0 Å². The molecule has 1 amide bonds. The minimum atomic E-state index is -0.744. The molecule has 1 aromatic rings. The number of piperidine rings is 1. The van der Waals surface area contributed by atoms with E-state index in [0.717, 1.165) is 38.1 Å². The van der Waals surface area contributed by atoms with Crippen LogP contribution in [0.15, 0.2) is 18.2 Å². The van der Waals surface area contributed by atoms with Crippen molar-refractivity contribution in [2.75, 3.05) is 25.0 Å². The normalized spacial score (nSPS) is 16.3. The highest BCUT2D eigenvalue weighted by atomic mass is 19.1. The number of benzene rings is 1. The van der Waals surface area contributed by atoms with Gasteiger partial charge in [-0.15, -0.1) is 0 Å². The van der Waals surface area contributed by atoms with Gasteiger partial charge >= 0.3 is 0 Å². The van der Waals surface area contributed by atoms with E-state index in [0.29, 0.717) is 6.54 Å². The van der Waals surface area contributed by atoms with Crippen LogP contribution >= 0.6 is 0 Å². The van der Waals surface area contributed by atoms with Crippen molar-refractivity contribution in [1.82, 2.24) is 4.90 Å². The summed E-state index contributed by atoms with van der Waals surface area (Å²) in [6.45, 7) is 2.64. The number of rotatable bonds is 4. The van der Waals surface area contributed by atoms with E-state index in [1.54, 1.807) is 0 Å². The van der Waals surface area contributed by atoms with Crippen LogP contribution in [0.1, 0.15) is 25.7 Å². The summed E-state index contributed by atoms with van der Waals surface area (Å²) in [6, 6.07) is 3.53. The molecule has 1 aliphatic heterocycles. The van der Waals surface area contributed by atoms with Crippen LogP contribution < -0.4 is 5.32 Å². The van der Waals surface area contributed by atoms with Gasteiger partial charge < -0.3 is 10.2 Å². The highest BCUT2D eigenvalue weighted by Crippen LogP contribution is 2.18. The van der Waals surface area contributed by atoms with Gasteiger partial charge in [-0.1, -0.05) is 12.5 Å². The molecule has 0 unspecified atom stereocenters. The molecular weight excluding hydrogens is 250 g/mol. The number of nitrogens with zero attached hydrogens (tertiary/aromatic N) is 1. The van der Waals surface area contributed by atoms with Gasteiger partial charge in [0.05, 0.1) is 0 Å². The van der Waals surface area contributed by atoms with E-state index in [9.17, 15) is 13.6 Å². The Bertz CT molecular complexity index is 425. The number of hydrogen-bond donors (Lipinski definition) is 1. The molecule has 19 heavy (non-hydrogen) atoms. The smallest absolute Gasteiger partial charge is 0.225 e. The maximum absolute atomic E-state index is 13.3. The molecule has 1 aromatic carbocycles. The summed E-state index contributed by atoms with van der Waals surface area (Å²) < 4.78 is 26.7. The summed E-state index contributed by atoms with van der Waals surface area (Å²) in [4.78, 5) is 13.9. The quantitative estimate of drug-likeness (QED) is 0.910. The Morgan fingerprint density at radius 3 is 2.42 bits per heavy atom. The lowest BCUT2D eigenvalue weighted by molar-refractivity contribution is -0.116. The van der Waals surface area contributed by atoms with Crippen LogP contribution in [0.25, 0.3) is 0 Å². The van der Waals surface area contributed by atoms with Gasteiger partial charge in [-0.3, -0.25) is 4.79 Å². The molecule has 1 aliphatic rings. The molecule has 2 rings (SSSR count). The molecule has 104 valence electrons. The second-order valence-electron chi connectivity index (χ2n) is 4.80. The molecule has 1 heterocycles. The molecule has 0 saturated carbocycles. The summed E-state index contributed by atoms with van der Waals surface area (Å²) >= 11 is 0. The highest BCUT2D eigenvalue weighted by molar-refractivity contribution is 5.91. The molecule has 1 fully saturated rings. The van der Waals surface area contributed by atoms with Crippen LogP contribution in [0.4, 0.5) is 14.5 Å². The zero-order chi connectivity index (χ0) is 13.7. The van der Waals surface area contributed by atoms with Gasteiger partial charge in [0.15, 0.2) is 0 Å². The molecule has 1 N–H and O–H groups in total. The number of anilines is 1. The third kappa shape index (κ3) is 3.99. The van der Waals surface area contributed by atoms with E-state index in [1.807, 2.05) is 0 Å². The van der Waals surface area contributed by atoms with E-state index < -0.39 is 11.6 Å².